The number of nitriles is 1. The number of nitrogens with one attached hydrogen (secondary N) is 1. The lowest BCUT2D eigenvalue weighted by molar-refractivity contribution is 0.191. The van der Waals surface area contributed by atoms with Gasteiger partial charge in [0.05, 0.1) is 11.6 Å². The first kappa shape index (κ1) is 13.4. The van der Waals surface area contributed by atoms with Gasteiger partial charge in [-0.05, 0) is 25.5 Å². The summed E-state index contributed by atoms with van der Waals surface area (Å²) in [4.78, 5) is 0. The van der Waals surface area contributed by atoms with Gasteiger partial charge in [0.15, 0.2) is 0 Å². The van der Waals surface area contributed by atoms with Gasteiger partial charge in [0.1, 0.15) is 0 Å². The van der Waals surface area contributed by atoms with E-state index < -0.39 is 0 Å². The van der Waals surface area contributed by atoms with Crippen LogP contribution in [-0.2, 0) is 4.74 Å². The SMILES string of the molecule is COCCC(C)Nc1ccc(C#N)c2ccccc12. The van der Waals surface area contributed by atoms with Gasteiger partial charge in [0.2, 0.25) is 0 Å². The maximum atomic E-state index is 9.14. The zero-order valence-electron chi connectivity index (χ0n) is 11.3. The van der Waals surface area contributed by atoms with E-state index in [2.05, 4.69) is 18.3 Å². The molecule has 0 bridgehead atoms. The summed E-state index contributed by atoms with van der Waals surface area (Å²) in [5.74, 6) is 0. The minimum atomic E-state index is 0.330. The molecular formula is C16H18N2O. The largest absolute Gasteiger partial charge is 0.385 e. The molecule has 3 heteroatoms. The van der Waals surface area contributed by atoms with E-state index in [9.17, 15) is 0 Å². The van der Waals surface area contributed by atoms with Crippen molar-refractivity contribution in [1.29, 1.82) is 5.26 Å². The van der Waals surface area contributed by atoms with Crippen molar-refractivity contribution in [3.05, 3.63) is 42.0 Å². The Morgan fingerprint density at radius 3 is 2.63 bits per heavy atom. The molecule has 1 unspecified atom stereocenters. The predicted molar refractivity (Wildman–Crippen MR) is 78.2 cm³/mol. The number of rotatable bonds is 5. The Hall–Kier alpha value is -2.05. The number of benzene rings is 2. The first-order chi connectivity index (χ1) is 9.26. The van der Waals surface area contributed by atoms with Gasteiger partial charge in [-0.1, -0.05) is 24.3 Å². The number of hydrogen-bond acceptors (Lipinski definition) is 3. The molecule has 2 aromatic rings. The zero-order valence-corrected chi connectivity index (χ0v) is 11.3. The first-order valence-electron chi connectivity index (χ1n) is 6.43. The molecule has 0 fully saturated rings. The Labute approximate surface area is 113 Å². The normalized spacial score (nSPS) is 12.1. The Balaban J connectivity index is 2.32. The number of fused-ring (bicyclic) bond motifs is 1. The summed E-state index contributed by atoms with van der Waals surface area (Å²) in [5.41, 5.74) is 1.78. The third-order valence-electron chi connectivity index (χ3n) is 3.20. The van der Waals surface area contributed by atoms with Gasteiger partial charge >= 0.3 is 0 Å². The molecule has 0 amide bonds. The molecule has 19 heavy (non-hydrogen) atoms. The van der Waals surface area contributed by atoms with Crippen LogP contribution in [0.15, 0.2) is 36.4 Å². The second kappa shape index (κ2) is 6.21. The fourth-order valence-electron chi connectivity index (χ4n) is 2.15. The van der Waals surface area contributed by atoms with Crippen molar-refractivity contribution in [1.82, 2.24) is 0 Å². The van der Waals surface area contributed by atoms with E-state index in [1.807, 2.05) is 36.4 Å². The molecule has 98 valence electrons. The van der Waals surface area contributed by atoms with E-state index in [-0.39, 0.29) is 0 Å². The summed E-state index contributed by atoms with van der Waals surface area (Å²) in [5, 5.41) is 14.7. The Morgan fingerprint density at radius 2 is 1.95 bits per heavy atom. The average molecular weight is 254 g/mol. The summed E-state index contributed by atoms with van der Waals surface area (Å²) in [7, 11) is 1.71. The van der Waals surface area contributed by atoms with E-state index >= 15 is 0 Å². The van der Waals surface area contributed by atoms with Gasteiger partial charge in [-0.25, -0.2) is 0 Å². The molecule has 0 saturated carbocycles. The molecule has 0 aliphatic carbocycles. The fraction of sp³-hybridized carbons (Fsp3) is 0.312. The van der Waals surface area contributed by atoms with Crippen molar-refractivity contribution in [3.63, 3.8) is 0 Å². The summed E-state index contributed by atoms with van der Waals surface area (Å²) in [6.45, 7) is 2.87. The molecule has 1 N–H and O–H groups in total. The average Bonchev–Trinajstić information content (AvgIpc) is 2.45. The highest BCUT2D eigenvalue weighted by Crippen LogP contribution is 2.27. The van der Waals surface area contributed by atoms with Crippen LogP contribution in [0.1, 0.15) is 18.9 Å². The van der Waals surface area contributed by atoms with Gasteiger partial charge in [-0.2, -0.15) is 5.26 Å². The Morgan fingerprint density at radius 1 is 1.21 bits per heavy atom. The van der Waals surface area contributed by atoms with Crippen LogP contribution in [0.4, 0.5) is 5.69 Å². The fourth-order valence-corrected chi connectivity index (χ4v) is 2.15. The van der Waals surface area contributed by atoms with Crippen LogP contribution in [0.5, 0.6) is 0 Å². The van der Waals surface area contributed by atoms with Gasteiger partial charge < -0.3 is 10.1 Å². The molecule has 0 heterocycles. The van der Waals surface area contributed by atoms with Crippen LogP contribution in [0, 0.1) is 11.3 Å². The van der Waals surface area contributed by atoms with Gasteiger partial charge in [-0.3, -0.25) is 0 Å². The summed E-state index contributed by atoms with van der Waals surface area (Å²) in [6, 6.07) is 14.4. The second-order valence-electron chi connectivity index (χ2n) is 4.64. The predicted octanol–water partition coefficient (Wildman–Crippen LogP) is 3.55. The minimum absolute atomic E-state index is 0.330. The van der Waals surface area contributed by atoms with Crippen LogP contribution < -0.4 is 5.32 Å². The van der Waals surface area contributed by atoms with Crippen molar-refractivity contribution in [2.45, 2.75) is 19.4 Å². The molecule has 1 atom stereocenters. The number of anilines is 1. The molecular weight excluding hydrogens is 236 g/mol. The number of ether oxygens (including phenoxy) is 1. The van der Waals surface area contributed by atoms with Crippen LogP contribution in [0.3, 0.4) is 0 Å². The van der Waals surface area contributed by atoms with Crippen molar-refractivity contribution < 1.29 is 4.74 Å². The Kier molecular flexibility index (Phi) is 4.38. The maximum absolute atomic E-state index is 9.14. The zero-order chi connectivity index (χ0) is 13.7. The van der Waals surface area contributed by atoms with E-state index in [0.717, 1.165) is 29.5 Å². The molecule has 2 aromatic carbocycles. The minimum Gasteiger partial charge on any atom is -0.385 e. The van der Waals surface area contributed by atoms with Crippen molar-refractivity contribution in [2.75, 3.05) is 19.0 Å². The van der Waals surface area contributed by atoms with Crippen molar-refractivity contribution in [3.8, 4) is 6.07 Å². The lowest BCUT2D eigenvalue weighted by atomic mass is 10.0. The highest BCUT2D eigenvalue weighted by atomic mass is 16.5. The summed E-state index contributed by atoms with van der Waals surface area (Å²) < 4.78 is 5.09. The molecule has 0 aliphatic rings. The number of methoxy groups -OCH3 is 1. The van der Waals surface area contributed by atoms with Crippen LogP contribution in [0.25, 0.3) is 10.8 Å². The van der Waals surface area contributed by atoms with Crippen LogP contribution in [-0.4, -0.2) is 19.8 Å². The second-order valence-corrected chi connectivity index (χ2v) is 4.64. The van der Waals surface area contributed by atoms with Crippen molar-refractivity contribution in [2.24, 2.45) is 0 Å². The standard InChI is InChI=1S/C16H18N2O/c1-12(9-10-19-2)18-16-8-7-13(11-17)14-5-3-4-6-15(14)16/h3-8,12,18H,9-10H2,1-2H3. The third-order valence-corrected chi connectivity index (χ3v) is 3.20. The lowest BCUT2D eigenvalue weighted by Crippen LogP contribution is -2.17. The maximum Gasteiger partial charge on any atom is 0.0998 e. The lowest BCUT2D eigenvalue weighted by Gasteiger charge is -2.17. The van der Waals surface area contributed by atoms with Crippen LogP contribution >= 0.6 is 0 Å². The summed E-state index contributed by atoms with van der Waals surface area (Å²) in [6.07, 6.45) is 0.949. The quantitative estimate of drug-likeness (QED) is 0.887. The molecule has 2 rings (SSSR count). The molecule has 0 radical (unpaired) electrons. The molecule has 0 aromatic heterocycles. The van der Waals surface area contributed by atoms with Gasteiger partial charge in [0, 0.05) is 36.2 Å². The van der Waals surface area contributed by atoms with Crippen molar-refractivity contribution >= 4 is 16.5 Å². The van der Waals surface area contributed by atoms with E-state index in [4.69, 9.17) is 10.00 Å². The first-order valence-corrected chi connectivity index (χ1v) is 6.43. The molecule has 0 aliphatic heterocycles. The summed E-state index contributed by atoms with van der Waals surface area (Å²) >= 11 is 0. The van der Waals surface area contributed by atoms with E-state index in [0.29, 0.717) is 11.6 Å². The molecule has 3 nitrogen and oxygen atoms in total. The smallest absolute Gasteiger partial charge is 0.0998 e. The molecule has 0 saturated heterocycles. The highest BCUT2D eigenvalue weighted by Gasteiger charge is 2.07. The topological polar surface area (TPSA) is 45.0 Å². The van der Waals surface area contributed by atoms with Gasteiger partial charge in [0.25, 0.3) is 0 Å². The van der Waals surface area contributed by atoms with Gasteiger partial charge in [-0.15, -0.1) is 0 Å². The molecule has 0 spiro atoms. The number of nitrogens with zero attached hydrogens (tertiary/aromatic N) is 1. The third kappa shape index (κ3) is 3.04. The monoisotopic (exact) mass is 254 g/mol. The highest BCUT2D eigenvalue weighted by molar-refractivity contribution is 5.97. The Bertz CT molecular complexity index is 601. The number of hydrogen-bond donors (Lipinski definition) is 1. The van der Waals surface area contributed by atoms with E-state index in [1.165, 1.54) is 0 Å². The van der Waals surface area contributed by atoms with E-state index in [1.54, 1.807) is 7.11 Å². The van der Waals surface area contributed by atoms with Crippen LogP contribution in [0.2, 0.25) is 0 Å².